The van der Waals surface area contributed by atoms with E-state index in [1.165, 1.54) is 5.56 Å². The standard InChI is InChI=1S/C22H15N2/c1-3-20(15-21(4-1)19-10-13-23-14-11-19)17-6-8-18(9-7-17)22-5-2-12-24-16-22/h1-2,4-16H. The second kappa shape index (κ2) is 6.47. The molecule has 1 radical (unpaired) electrons. The Labute approximate surface area is 141 Å². The van der Waals surface area contributed by atoms with E-state index in [4.69, 9.17) is 0 Å². The molecule has 0 aliphatic carbocycles. The van der Waals surface area contributed by atoms with Crippen LogP contribution in [0.2, 0.25) is 0 Å². The Balaban J connectivity index is 1.67. The number of nitrogens with zero attached hydrogens (tertiary/aromatic N) is 2. The quantitative estimate of drug-likeness (QED) is 0.515. The Morgan fingerprint density at radius 3 is 2.08 bits per heavy atom. The van der Waals surface area contributed by atoms with Gasteiger partial charge in [-0.3, -0.25) is 9.97 Å². The van der Waals surface area contributed by atoms with Crippen molar-refractivity contribution in [2.45, 2.75) is 0 Å². The lowest BCUT2D eigenvalue weighted by molar-refractivity contribution is 1.33. The van der Waals surface area contributed by atoms with Crippen LogP contribution in [0.4, 0.5) is 0 Å². The number of hydrogen-bond acceptors (Lipinski definition) is 2. The second-order valence-electron chi connectivity index (χ2n) is 5.55. The number of hydrogen-bond donors (Lipinski definition) is 0. The predicted molar refractivity (Wildman–Crippen MR) is 97.2 cm³/mol. The first-order valence-electron chi connectivity index (χ1n) is 7.83. The van der Waals surface area contributed by atoms with E-state index in [1.807, 2.05) is 42.9 Å². The Bertz CT molecular complexity index is 930. The average molecular weight is 307 g/mol. The summed E-state index contributed by atoms with van der Waals surface area (Å²) in [5.74, 6) is 0. The maximum atomic E-state index is 4.18. The van der Waals surface area contributed by atoms with E-state index in [-0.39, 0.29) is 0 Å². The van der Waals surface area contributed by atoms with Crippen LogP contribution in [0.1, 0.15) is 0 Å². The summed E-state index contributed by atoms with van der Waals surface area (Å²) in [5, 5.41) is 0. The van der Waals surface area contributed by atoms with E-state index in [2.05, 4.69) is 58.5 Å². The minimum absolute atomic E-state index is 1.09. The van der Waals surface area contributed by atoms with Crippen LogP contribution in [0.15, 0.2) is 91.5 Å². The summed E-state index contributed by atoms with van der Waals surface area (Å²) in [6.45, 7) is 0. The topological polar surface area (TPSA) is 25.8 Å². The highest BCUT2D eigenvalue weighted by molar-refractivity contribution is 5.74. The molecular weight excluding hydrogens is 292 g/mol. The third-order valence-corrected chi connectivity index (χ3v) is 4.01. The van der Waals surface area contributed by atoms with Crippen LogP contribution in [0.5, 0.6) is 0 Å². The number of benzene rings is 2. The van der Waals surface area contributed by atoms with Crippen LogP contribution in [0.3, 0.4) is 0 Å². The molecule has 4 aromatic rings. The number of pyridine rings is 2. The zero-order valence-corrected chi connectivity index (χ0v) is 13.1. The SMILES string of the molecule is [c]1ccc(-c2ccncc2)cc1-c1ccc(-c2cccnc2)cc1. The van der Waals surface area contributed by atoms with E-state index in [0.29, 0.717) is 0 Å². The molecule has 2 aromatic carbocycles. The monoisotopic (exact) mass is 307 g/mol. The molecule has 113 valence electrons. The van der Waals surface area contributed by atoms with E-state index in [1.54, 1.807) is 6.20 Å². The fraction of sp³-hybridized carbons (Fsp3) is 0. The van der Waals surface area contributed by atoms with Gasteiger partial charge in [0.2, 0.25) is 0 Å². The molecule has 0 saturated heterocycles. The maximum Gasteiger partial charge on any atom is 0.0346 e. The Morgan fingerprint density at radius 2 is 1.33 bits per heavy atom. The van der Waals surface area contributed by atoms with Gasteiger partial charge in [0.1, 0.15) is 0 Å². The molecule has 2 heteroatoms. The first kappa shape index (κ1) is 14.3. The van der Waals surface area contributed by atoms with Crippen molar-refractivity contribution in [1.82, 2.24) is 9.97 Å². The van der Waals surface area contributed by atoms with Crippen molar-refractivity contribution in [2.75, 3.05) is 0 Å². The van der Waals surface area contributed by atoms with E-state index in [0.717, 1.165) is 27.8 Å². The first-order chi connectivity index (χ1) is 11.9. The average Bonchev–Trinajstić information content (AvgIpc) is 2.70. The van der Waals surface area contributed by atoms with Gasteiger partial charge in [-0.1, -0.05) is 42.5 Å². The predicted octanol–water partition coefficient (Wildman–Crippen LogP) is 5.28. The third kappa shape index (κ3) is 2.95. The summed E-state index contributed by atoms with van der Waals surface area (Å²) in [6, 6.07) is 26.1. The molecule has 0 aliphatic rings. The van der Waals surface area contributed by atoms with E-state index < -0.39 is 0 Å². The molecule has 0 unspecified atom stereocenters. The van der Waals surface area contributed by atoms with E-state index in [9.17, 15) is 0 Å². The largest absolute Gasteiger partial charge is 0.265 e. The Kier molecular flexibility index (Phi) is 3.86. The fourth-order valence-corrected chi connectivity index (χ4v) is 2.73. The zero-order chi connectivity index (χ0) is 16.2. The van der Waals surface area contributed by atoms with Crippen LogP contribution >= 0.6 is 0 Å². The molecule has 24 heavy (non-hydrogen) atoms. The van der Waals surface area contributed by atoms with Crippen LogP contribution in [-0.4, -0.2) is 9.97 Å². The van der Waals surface area contributed by atoms with Gasteiger partial charge < -0.3 is 0 Å². The highest BCUT2D eigenvalue weighted by atomic mass is 14.6. The van der Waals surface area contributed by atoms with Crippen molar-refractivity contribution in [2.24, 2.45) is 0 Å². The van der Waals surface area contributed by atoms with Gasteiger partial charge in [0, 0.05) is 24.8 Å². The lowest BCUT2D eigenvalue weighted by Crippen LogP contribution is -1.83. The Morgan fingerprint density at radius 1 is 0.583 bits per heavy atom. The van der Waals surface area contributed by atoms with Gasteiger partial charge in [-0.25, -0.2) is 0 Å². The van der Waals surface area contributed by atoms with Crippen LogP contribution < -0.4 is 0 Å². The van der Waals surface area contributed by atoms with Gasteiger partial charge in [0.25, 0.3) is 0 Å². The molecule has 0 atom stereocenters. The van der Waals surface area contributed by atoms with E-state index >= 15 is 0 Å². The molecular formula is C22H15N2. The molecule has 4 rings (SSSR count). The van der Waals surface area contributed by atoms with Crippen molar-refractivity contribution in [3.8, 4) is 33.4 Å². The smallest absolute Gasteiger partial charge is 0.0346 e. The van der Waals surface area contributed by atoms with Crippen molar-refractivity contribution in [1.29, 1.82) is 0 Å². The zero-order valence-electron chi connectivity index (χ0n) is 13.1. The molecule has 0 bridgehead atoms. The minimum atomic E-state index is 1.09. The van der Waals surface area contributed by atoms with Gasteiger partial charge >= 0.3 is 0 Å². The number of rotatable bonds is 3. The minimum Gasteiger partial charge on any atom is -0.265 e. The first-order valence-corrected chi connectivity index (χ1v) is 7.83. The van der Waals surface area contributed by atoms with Crippen molar-refractivity contribution in [3.05, 3.63) is 97.6 Å². The van der Waals surface area contributed by atoms with Crippen LogP contribution in [-0.2, 0) is 0 Å². The normalized spacial score (nSPS) is 10.5. The lowest BCUT2D eigenvalue weighted by atomic mass is 9.98. The molecule has 0 aliphatic heterocycles. The third-order valence-electron chi connectivity index (χ3n) is 4.01. The molecule has 0 fully saturated rings. The number of aromatic nitrogens is 2. The molecule has 0 spiro atoms. The fourth-order valence-electron chi connectivity index (χ4n) is 2.73. The van der Waals surface area contributed by atoms with Gasteiger partial charge in [-0.05, 0) is 63.7 Å². The van der Waals surface area contributed by atoms with Crippen LogP contribution in [0.25, 0.3) is 33.4 Å². The summed E-state index contributed by atoms with van der Waals surface area (Å²) in [5.41, 5.74) is 6.85. The Hall–Kier alpha value is -3.26. The summed E-state index contributed by atoms with van der Waals surface area (Å²) in [7, 11) is 0. The van der Waals surface area contributed by atoms with Gasteiger partial charge in [0.15, 0.2) is 0 Å². The highest BCUT2D eigenvalue weighted by Crippen LogP contribution is 2.27. The van der Waals surface area contributed by atoms with Crippen molar-refractivity contribution >= 4 is 0 Å². The van der Waals surface area contributed by atoms with Crippen LogP contribution in [0, 0.1) is 6.07 Å². The summed E-state index contributed by atoms with van der Waals surface area (Å²) < 4.78 is 0. The highest BCUT2D eigenvalue weighted by Gasteiger charge is 2.03. The van der Waals surface area contributed by atoms with Crippen molar-refractivity contribution in [3.63, 3.8) is 0 Å². The molecule has 2 aromatic heterocycles. The molecule has 2 nitrogen and oxygen atoms in total. The maximum absolute atomic E-state index is 4.18. The summed E-state index contributed by atoms with van der Waals surface area (Å²) in [6.07, 6.45) is 7.30. The molecule has 2 heterocycles. The summed E-state index contributed by atoms with van der Waals surface area (Å²) >= 11 is 0. The molecule has 0 amide bonds. The molecule has 0 N–H and O–H groups in total. The van der Waals surface area contributed by atoms with Gasteiger partial charge in [0.05, 0.1) is 0 Å². The van der Waals surface area contributed by atoms with Gasteiger partial charge in [-0.15, -0.1) is 0 Å². The second-order valence-corrected chi connectivity index (χ2v) is 5.55. The molecule has 0 saturated carbocycles. The van der Waals surface area contributed by atoms with Gasteiger partial charge in [-0.2, -0.15) is 0 Å². The van der Waals surface area contributed by atoms with Crippen molar-refractivity contribution < 1.29 is 0 Å². The summed E-state index contributed by atoms with van der Waals surface area (Å²) in [4.78, 5) is 8.25. The lowest BCUT2D eigenvalue weighted by Gasteiger charge is -2.07.